The zero-order valence-electron chi connectivity index (χ0n) is 15.0. The number of aliphatic imine (C=N–C) groups is 1. The highest BCUT2D eigenvalue weighted by Gasteiger charge is 2.13. The molecular formula is C19H29N3O2. The van der Waals surface area contributed by atoms with Gasteiger partial charge >= 0.3 is 6.09 Å². The van der Waals surface area contributed by atoms with Gasteiger partial charge in [-0.2, -0.15) is 0 Å². The molecule has 0 saturated heterocycles. The van der Waals surface area contributed by atoms with Gasteiger partial charge in [-0.3, -0.25) is 10.3 Å². The van der Waals surface area contributed by atoms with Crippen molar-refractivity contribution in [2.75, 3.05) is 23.9 Å². The van der Waals surface area contributed by atoms with E-state index in [2.05, 4.69) is 17.1 Å². The first kappa shape index (κ1) is 18.3. The molecule has 0 aliphatic heterocycles. The Kier molecular flexibility index (Phi) is 7.09. The molecule has 0 atom stereocenters. The first-order valence-electron chi connectivity index (χ1n) is 8.92. The van der Waals surface area contributed by atoms with Crippen molar-refractivity contribution in [2.24, 2.45) is 4.99 Å². The Morgan fingerprint density at radius 3 is 2.42 bits per heavy atom. The van der Waals surface area contributed by atoms with E-state index in [9.17, 15) is 4.79 Å². The van der Waals surface area contributed by atoms with Crippen LogP contribution in [-0.4, -0.2) is 31.6 Å². The third kappa shape index (κ3) is 5.55. The fourth-order valence-corrected chi connectivity index (χ4v) is 2.98. The third-order valence-electron chi connectivity index (χ3n) is 4.46. The van der Waals surface area contributed by atoms with Crippen molar-refractivity contribution < 1.29 is 9.53 Å². The molecule has 2 rings (SSSR count). The highest BCUT2D eigenvalue weighted by atomic mass is 16.5. The predicted octanol–water partition coefficient (Wildman–Crippen LogP) is 4.83. The van der Waals surface area contributed by atoms with Crippen LogP contribution in [0.25, 0.3) is 0 Å². The van der Waals surface area contributed by atoms with Gasteiger partial charge in [0.05, 0.1) is 12.6 Å². The van der Waals surface area contributed by atoms with Crippen LogP contribution in [-0.2, 0) is 4.74 Å². The molecule has 0 radical (unpaired) electrons. The van der Waals surface area contributed by atoms with Gasteiger partial charge in [0.15, 0.2) is 0 Å². The van der Waals surface area contributed by atoms with E-state index in [-0.39, 0.29) is 0 Å². The van der Waals surface area contributed by atoms with Crippen LogP contribution < -0.4 is 10.2 Å². The summed E-state index contributed by atoms with van der Waals surface area (Å²) in [5, 5.41) is 2.70. The monoisotopic (exact) mass is 331 g/mol. The summed E-state index contributed by atoms with van der Waals surface area (Å²) in [6, 6.07) is 8.17. The topological polar surface area (TPSA) is 53.9 Å². The van der Waals surface area contributed by atoms with Crippen LogP contribution in [0, 0.1) is 0 Å². The van der Waals surface area contributed by atoms with E-state index >= 15 is 0 Å². The second kappa shape index (κ2) is 9.30. The fraction of sp³-hybridized carbons (Fsp3) is 0.579. The van der Waals surface area contributed by atoms with Crippen LogP contribution >= 0.6 is 0 Å². The maximum absolute atomic E-state index is 11.4. The van der Waals surface area contributed by atoms with E-state index in [0.717, 1.165) is 17.2 Å². The number of amidine groups is 1. The molecule has 0 spiro atoms. The molecule has 132 valence electrons. The molecule has 1 N–H and O–H groups in total. The second-order valence-electron chi connectivity index (χ2n) is 6.27. The summed E-state index contributed by atoms with van der Waals surface area (Å²) in [6.07, 6.45) is 7.25. The van der Waals surface area contributed by atoms with E-state index in [1.165, 1.54) is 38.5 Å². The van der Waals surface area contributed by atoms with Crippen molar-refractivity contribution in [3.63, 3.8) is 0 Å². The quantitative estimate of drug-likeness (QED) is 0.488. The molecule has 0 unspecified atom stereocenters. The lowest BCUT2D eigenvalue weighted by atomic mass is 10.1. The van der Waals surface area contributed by atoms with Crippen molar-refractivity contribution >= 4 is 23.3 Å². The lowest BCUT2D eigenvalue weighted by Crippen LogP contribution is -2.25. The Balaban J connectivity index is 1.97. The number of rotatable bonds is 4. The largest absolute Gasteiger partial charge is 0.450 e. The molecule has 1 amide bonds. The Morgan fingerprint density at radius 1 is 1.21 bits per heavy atom. The summed E-state index contributed by atoms with van der Waals surface area (Å²) in [5.41, 5.74) is 1.78. The Labute approximate surface area is 145 Å². The Hall–Kier alpha value is -2.04. The van der Waals surface area contributed by atoms with Crippen LogP contribution in [0.2, 0.25) is 0 Å². The minimum absolute atomic E-state index is 0.365. The number of benzene rings is 1. The number of hydrogen-bond acceptors (Lipinski definition) is 3. The molecule has 0 heterocycles. The lowest BCUT2D eigenvalue weighted by molar-refractivity contribution is 0.168. The molecule has 1 aliphatic carbocycles. The number of hydrogen-bond donors (Lipinski definition) is 1. The van der Waals surface area contributed by atoms with E-state index in [4.69, 9.17) is 9.73 Å². The standard InChI is InChI=1S/C19H29N3O2/c1-4-24-19(23)21-17-11-13-18(14-12-17)22(3)15(2)20-16-9-7-5-6-8-10-16/h11-14,16H,4-10H2,1-3H3,(H,21,23). The van der Waals surface area contributed by atoms with Gasteiger partial charge in [-0.15, -0.1) is 0 Å². The van der Waals surface area contributed by atoms with Gasteiger partial charge in [0.1, 0.15) is 5.84 Å². The summed E-state index contributed by atoms with van der Waals surface area (Å²) < 4.78 is 4.88. The molecule has 5 nitrogen and oxygen atoms in total. The minimum Gasteiger partial charge on any atom is -0.450 e. The zero-order chi connectivity index (χ0) is 17.4. The van der Waals surface area contributed by atoms with Crippen LogP contribution in [0.5, 0.6) is 0 Å². The SMILES string of the molecule is CCOC(=O)Nc1ccc(N(C)C(C)=NC2CCCCCC2)cc1. The number of amides is 1. The van der Waals surface area contributed by atoms with E-state index in [1.807, 2.05) is 31.3 Å². The maximum atomic E-state index is 11.4. The lowest BCUT2D eigenvalue weighted by Gasteiger charge is -2.21. The number of carbonyl (C=O) groups is 1. The van der Waals surface area contributed by atoms with Crippen LogP contribution in [0.1, 0.15) is 52.4 Å². The summed E-state index contributed by atoms with van der Waals surface area (Å²) in [6.45, 7) is 4.22. The molecule has 5 heteroatoms. The van der Waals surface area contributed by atoms with Gasteiger partial charge in [-0.05, 0) is 51.0 Å². The Morgan fingerprint density at radius 2 is 1.83 bits per heavy atom. The Bertz CT molecular complexity index is 546. The maximum Gasteiger partial charge on any atom is 0.411 e. The number of carbonyl (C=O) groups excluding carboxylic acids is 1. The summed E-state index contributed by atoms with van der Waals surface area (Å²) in [5.74, 6) is 1.04. The third-order valence-corrected chi connectivity index (χ3v) is 4.46. The highest BCUT2D eigenvalue weighted by molar-refractivity contribution is 5.96. The number of nitrogens with zero attached hydrogens (tertiary/aromatic N) is 2. The number of ether oxygens (including phenoxy) is 1. The van der Waals surface area contributed by atoms with Gasteiger partial charge in [0.25, 0.3) is 0 Å². The summed E-state index contributed by atoms with van der Waals surface area (Å²) in [7, 11) is 2.03. The van der Waals surface area contributed by atoms with Crippen molar-refractivity contribution in [1.29, 1.82) is 0 Å². The summed E-state index contributed by atoms with van der Waals surface area (Å²) in [4.78, 5) is 18.4. The number of anilines is 2. The van der Waals surface area contributed by atoms with Crippen molar-refractivity contribution in [3.05, 3.63) is 24.3 Å². The van der Waals surface area contributed by atoms with Gasteiger partial charge in [0, 0.05) is 18.4 Å². The van der Waals surface area contributed by atoms with E-state index in [0.29, 0.717) is 12.6 Å². The molecule has 0 bridgehead atoms. The average molecular weight is 331 g/mol. The smallest absolute Gasteiger partial charge is 0.411 e. The molecule has 1 aromatic carbocycles. The average Bonchev–Trinajstić information content (AvgIpc) is 2.83. The van der Waals surface area contributed by atoms with E-state index in [1.54, 1.807) is 6.92 Å². The minimum atomic E-state index is -0.426. The molecular weight excluding hydrogens is 302 g/mol. The van der Waals surface area contributed by atoms with Gasteiger partial charge in [-0.25, -0.2) is 4.79 Å². The molecule has 0 aromatic heterocycles. The first-order chi connectivity index (χ1) is 11.6. The second-order valence-corrected chi connectivity index (χ2v) is 6.27. The fourth-order valence-electron chi connectivity index (χ4n) is 2.98. The van der Waals surface area contributed by atoms with Crippen LogP contribution in [0.3, 0.4) is 0 Å². The molecule has 1 aliphatic rings. The molecule has 1 fully saturated rings. The highest BCUT2D eigenvalue weighted by Crippen LogP contribution is 2.22. The van der Waals surface area contributed by atoms with E-state index < -0.39 is 6.09 Å². The van der Waals surface area contributed by atoms with Crippen molar-refractivity contribution in [2.45, 2.75) is 58.4 Å². The van der Waals surface area contributed by atoms with Gasteiger partial charge < -0.3 is 9.64 Å². The predicted molar refractivity (Wildman–Crippen MR) is 100 cm³/mol. The summed E-state index contributed by atoms with van der Waals surface area (Å²) >= 11 is 0. The van der Waals surface area contributed by atoms with Crippen molar-refractivity contribution in [3.8, 4) is 0 Å². The normalized spacial score (nSPS) is 16.4. The van der Waals surface area contributed by atoms with Crippen LogP contribution in [0.15, 0.2) is 29.3 Å². The van der Waals surface area contributed by atoms with Crippen molar-refractivity contribution in [1.82, 2.24) is 0 Å². The molecule has 1 aromatic rings. The van der Waals surface area contributed by atoms with Crippen LogP contribution in [0.4, 0.5) is 16.2 Å². The first-order valence-corrected chi connectivity index (χ1v) is 8.92. The number of nitrogens with one attached hydrogen (secondary N) is 1. The van der Waals surface area contributed by atoms with Gasteiger partial charge in [-0.1, -0.05) is 25.7 Å². The zero-order valence-corrected chi connectivity index (χ0v) is 15.0. The molecule has 1 saturated carbocycles. The van der Waals surface area contributed by atoms with Gasteiger partial charge in [0.2, 0.25) is 0 Å². The molecule has 24 heavy (non-hydrogen) atoms.